The van der Waals surface area contributed by atoms with Crippen LogP contribution in [-0.4, -0.2) is 52.1 Å². The van der Waals surface area contributed by atoms with Crippen LogP contribution in [-0.2, 0) is 4.79 Å². The van der Waals surface area contributed by atoms with Crippen molar-refractivity contribution in [3.8, 4) is 0 Å². The number of urea groups is 1. The van der Waals surface area contributed by atoms with Crippen LogP contribution in [0.4, 0.5) is 4.79 Å². The maximum Gasteiger partial charge on any atom is 0.320 e. The van der Waals surface area contributed by atoms with E-state index in [2.05, 4.69) is 0 Å². The van der Waals surface area contributed by atoms with Crippen molar-refractivity contribution in [2.24, 2.45) is 5.92 Å². The lowest BCUT2D eigenvalue weighted by atomic mass is 9.85. The number of fused-ring (bicyclic) bond motifs is 1. The highest BCUT2D eigenvalue weighted by Gasteiger charge is 2.40. The molecule has 0 aromatic rings. The summed E-state index contributed by atoms with van der Waals surface area (Å²) in [6.45, 7) is 5.05. The molecule has 1 aliphatic heterocycles. The molecule has 1 heterocycles. The monoisotopic (exact) mass is 282 g/mol. The molecule has 1 saturated carbocycles. The van der Waals surface area contributed by atoms with Crippen molar-refractivity contribution in [1.82, 2.24) is 9.80 Å². The Morgan fingerprint density at radius 2 is 1.95 bits per heavy atom. The first-order valence-electron chi connectivity index (χ1n) is 7.79. The van der Waals surface area contributed by atoms with E-state index in [1.54, 1.807) is 4.90 Å². The summed E-state index contributed by atoms with van der Waals surface area (Å²) in [5, 5.41) is 8.83. The number of carbonyl (C=O) groups excluding carboxylic acids is 1. The lowest BCUT2D eigenvalue weighted by Gasteiger charge is -2.36. The van der Waals surface area contributed by atoms with Gasteiger partial charge in [0, 0.05) is 25.2 Å². The van der Waals surface area contributed by atoms with Crippen molar-refractivity contribution < 1.29 is 14.7 Å². The Balaban J connectivity index is 2.01. The number of likely N-dealkylation sites (tertiary alicyclic amines) is 1. The molecule has 2 fully saturated rings. The Morgan fingerprint density at radius 1 is 1.25 bits per heavy atom. The second kappa shape index (κ2) is 6.46. The SMILES string of the molecule is CC(C)N(CCC(=O)O)C(=O)N1CCC2CCCCC21. The smallest absolute Gasteiger partial charge is 0.320 e. The van der Waals surface area contributed by atoms with Crippen LogP contribution in [0.5, 0.6) is 0 Å². The molecule has 2 amide bonds. The van der Waals surface area contributed by atoms with Gasteiger partial charge in [-0.15, -0.1) is 0 Å². The number of carboxylic acid groups (broad SMARTS) is 1. The number of amides is 2. The van der Waals surface area contributed by atoms with Crippen LogP contribution in [0.25, 0.3) is 0 Å². The number of nitrogens with zero attached hydrogens (tertiary/aromatic N) is 2. The third-order valence-electron chi connectivity index (χ3n) is 4.69. The van der Waals surface area contributed by atoms with E-state index in [0.29, 0.717) is 18.5 Å². The van der Waals surface area contributed by atoms with Crippen LogP contribution in [0.15, 0.2) is 0 Å². The van der Waals surface area contributed by atoms with Crippen molar-refractivity contribution in [1.29, 1.82) is 0 Å². The number of hydrogen-bond donors (Lipinski definition) is 1. The van der Waals surface area contributed by atoms with Gasteiger partial charge in [-0.3, -0.25) is 4.79 Å². The molecule has 114 valence electrons. The fraction of sp³-hybridized carbons (Fsp3) is 0.867. The molecular weight excluding hydrogens is 256 g/mol. The summed E-state index contributed by atoms with van der Waals surface area (Å²) < 4.78 is 0. The van der Waals surface area contributed by atoms with E-state index < -0.39 is 5.97 Å². The lowest BCUT2D eigenvalue weighted by molar-refractivity contribution is -0.137. The molecule has 2 rings (SSSR count). The fourth-order valence-electron chi connectivity index (χ4n) is 3.60. The average Bonchev–Trinajstić information content (AvgIpc) is 2.81. The quantitative estimate of drug-likeness (QED) is 0.862. The first-order valence-corrected chi connectivity index (χ1v) is 7.79. The summed E-state index contributed by atoms with van der Waals surface area (Å²) in [6, 6.07) is 0.475. The van der Waals surface area contributed by atoms with Gasteiger partial charge in [-0.25, -0.2) is 4.79 Å². The molecule has 20 heavy (non-hydrogen) atoms. The Morgan fingerprint density at radius 3 is 2.60 bits per heavy atom. The molecule has 1 saturated heterocycles. The van der Waals surface area contributed by atoms with Crippen LogP contribution < -0.4 is 0 Å². The molecule has 5 nitrogen and oxygen atoms in total. The molecule has 0 aromatic heterocycles. The van der Waals surface area contributed by atoms with Gasteiger partial charge in [-0.2, -0.15) is 0 Å². The van der Waals surface area contributed by atoms with E-state index in [1.807, 2.05) is 18.7 Å². The predicted octanol–water partition coefficient (Wildman–Crippen LogP) is 2.56. The second-order valence-electron chi connectivity index (χ2n) is 6.31. The zero-order valence-electron chi connectivity index (χ0n) is 12.5. The molecule has 2 unspecified atom stereocenters. The van der Waals surface area contributed by atoms with Crippen LogP contribution in [0.2, 0.25) is 0 Å². The number of hydrogen-bond acceptors (Lipinski definition) is 2. The van der Waals surface area contributed by atoms with E-state index in [0.717, 1.165) is 19.4 Å². The van der Waals surface area contributed by atoms with Gasteiger partial charge in [0.25, 0.3) is 0 Å². The third-order valence-corrected chi connectivity index (χ3v) is 4.69. The summed E-state index contributed by atoms with van der Waals surface area (Å²) in [5.74, 6) is -0.179. The minimum absolute atomic E-state index is 0.0197. The fourth-order valence-corrected chi connectivity index (χ4v) is 3.60. The summed E-state index contributed by atoms with van der Waals surface area (Å²) in [4.78, 5) is 27.2. The summed E-state index contributed by atoms with van der Waals surface area (Å²) in [6.07, 6.45) is 5.98. The Kier molecular flexibility index (Phi) is 4.89. The zero-order valence-corrected chi connectivity index (χ0v) is 12.5. The molecule has 0 bridgehead atoms. The molecular formula is C15H26N2O3. The van der Waals surface area contributed by atoms with Crippen molar-refractivity contribution in [2.75, 3.05) is 13.1 Å². The number of rotatable bonds is 4. The van der Waals surface area contributed by atoms with E-state index >= 15 is 0 Å². The highest BCUT2D eigenvalue weighted by atomic mass is 16.4. The molecule has 0 spiro atoms. The van der Waals surface area contributed by atoms with Gasteiger partial charge in [0.1, 0.15) is 0 Å². The van der Waals surface area contributed by atoms with Crippen molar-refractivity contribution >= 4 is 12.0 Å². The standard InChI is InChI=1S/C15H26N2O3/c1-11(2)16(10-8-14(18)19)15(20)17-9-7-12-5-3-4-6-13(12)17/h11-13H,3-10H2,1-2H3,(H,18,19). The van der Waals surface area contributed by atoms with E-state index in [1.165, 1.54) is 19.3 Å². The Bertz CT molecular complexity index is 370. The first-order chi connectivity index (χ1) is 9.50. The number of carboxylic acids is 1. The van der Waals surface area contributed by atoms with Gasteiger partial charge < -0.3 is 14.9 Å². The third kappa shape index (κ3) is 3.25. The molecule has 2 aliphatic rings. The highest BCUT2D eigenvalue weighted by molar-refractivity contribution is 5.76. The van der Waals surface area contributed by atoms with Gasteiger partial charge in [0.15, 0.2) is 0 Å². The second-order valence-corrected chi connectivity index (χ2v) is 6.31. The summed E-state index contributed by atoms with van der Waals surface area (Å²) >= 11 is 0. The van der Waals surface area contributed by atoms with Gasteiger partial charge >= 0.3 is 12.0 Å². The van der Waals surface area contributed by atoms with Gasteiger partial charge in [-0.05, 0) is 39.0 Å². The summed E-state index contributed by atoms with van der Waals surface area (Å²) in [7, 11) is 0. The first kappa shape index (κ1) is 15.1. The molecule has 0 aromatic carbocycles. The zero-order chi connectivity index (χ0) is 14.7. The van der Waals surface area contributed by atoms with Crippen LogP contribution in [0, 0.1) is 5.92 Å². The molecule has 1 aliphatic carbocycles. The van der Waals surface area contributed by atoms with Gasteiger partial charge in [0.05, 0.1) is 6.42 Å². The van der Waals surface area contributed by atoms with E-state index in [4.69, 9.17) is 5.11 Å². The van der Waals surface area contributed by atoms with Crippen LogP contribution >= 0.6 is 0 Å². The number of carbonyl (C=O) groups is 2. The number of aliphatic carboxylic acids is 1. The van der Waals surface area contributed by atoms with Crippen molar-refractivity contribution in [3.05, 3.63) is 0 Å². The largest absolute Gasteiger partial charge is 0.481 e. The minimum Gasteiger partial charge on any atom is -0.481 e. The van der Waals surface area contributed by atoms with Crippen LogP contribution in [0.1, 0.15) is 52.4 Å². The minimum atomic E-state index is -0.847. The molecule has 2 atom stereocenters. The molecule has 5 heteroatoms. The normalized spacial score (nSPS) is 25.6. The van der Waals surface area contributed by atoms with Gasteiger partial charge in [0.2, 0.25) is 0 Å². The van der Waals surface area contributed by atoms with Crippen LogP contribution in [0.3, 0.4) is 0 Å². The van der Waals surface area contributed by atoms with E-state index in [-0.39, 0.29) is 18.5 Å². The Labute approximate surface area is 120 Å². The Hall–Kier alpha value is -1.26. The van der Waals surface area contributed by atoms with E-state index in [9.17, 15) is 9.59 Å². The molecule has 1 N–H and O–H groups in total. The van der Waals surface area contributed by atoms with Gasteiger partial charge in [-0.1, -0.05) is 12.8 Å². The van der Waals surface area contributed by atoms with Crippen molar-refractivity contribution in [2.45, 2.75) is 64.5 Å². The molecule has 0 radical (unpaired) electrons. The summed E-state index contributed by atoms with van der Waals surface area (Å²) in [5.41, 5.74) is 0. The maximum absolute atomic E-state index is 12.7. The van der Waals surface area contributed by atoms with Crippen molar-refractivity contribution in [3.63, 3.8) is 0 Å². The predicted molar refractivity (Wildman–Crippen MR) is 76.6 cm³/mol. The highest BCUT2D eigenvalue weighted by Crippen LogP contribution is 2.36. The topological polar surface area (TPSA) is 60.9 Å². The maximum atomic E-state index is 12.7. The average molecular weight is 282 g/mol. The lowest BCUT2D eigenvalue weighted by Crippen LogP contribution is -2.50.